The summed E-state index contributed by atoms with van der Waals surface area (Å²) < 4.78 is 5.93. The fourth-order valence-electron chi connectivity index (χ4n) is 2.04. The van der Waals surface area contributed by atoms with Gasteiger partial charge in [0, 0.05) is 17.5 Å². The van der Waals surface area contributed by atoms with Crippen LogP contribution in [0, 0.1) is 6.92 Å². The number of para-hydroxylation sites is 1. The van der Waals surface area contributed by atoms with Gasteiger partial charge in [-0.25, -0.2) is 4.98 Å². The van der Waals surface area contributed by atoms with Crippen LogP contribution in [-0.2, 0) is 6.61 Å². The molecule has 1 aromatic carbocycles. The van der Waals surface area contributed by atoms with Crippen molar-refractivity contribution in [1.29, 1.82) is 0 Å². The Morgan fingerprint density at radius 2 is 2.10 bits per heavy atom. The number of nitrogens with one attached hydrogen (secondary N) is 1. The highest BCUT2D eigenvalue weighted by atomic mass is 32.1. The van der Waals surface area contributed by atoms with Gasteiger partial charge >= 0.3 is 0 Å². The first-order valence-electron chi connectivity index (χ1n) is 6.54. The normalized spacial score (nSPS) is 10.8. The molecule has 0 amide bonds. The lowest BCUT2D eigenvalue weighted by Crippen LogP contribution is -1.99. The van der Waals surface area contributed by atoms with Crippen LogP contribution in [0.1, 0.15) is 10.4 Å². The predicted octanol–water partition coefficient (Wildman–Crippen LogP) is 3.33. The largest absolute Gasteiger partial charge is 0.438 e. The van der Waals surface area contributed by atoms with Crippen LogP contribution in [0.3, 0.4) is 0 Å². The molecular formula is C15H15N3O2S. The van der Waals surface area contributed by atoms with E-state index in [1.54, 1.807) is 18.4 Å². The number of rotatable bonds is 4. The van der Waals surface area contributed by atoms with E-state index >= 15 is 0 Å². The molecule has 5 nitrogen and oxygen atoms in total. The SMILES string of the molecule is CNc1nc(Oc2ccccc2CO)c2cc(C)sc2n1. The van der Waals surface area contributed by atoms with Gasteiger partial charge < -0.3 is 15.2 Å². The number of hydrogen-bond acceptors (Lipinski definition) is 6. The molecule has 0 saturated carbocycles. The molecule has 3 aromatic rings. The zero-order chi connectivity index (χ0) is 14.8. The van der Waals surface area contributed by atoms with Crippen LogP contribution >= 0.6 is 11.3 Å². The molecule has 3 rings (SSSR count). The topological polar surface area (TPSA) is 67.3 Å². The maximum Gasteiger partial charge on any atom is 0.232 e. The molecular weight excluding hydrogens is 286 g/mol. The summed E-state index contributed by atoms with van der Waals surface area (Å²) >= 11 is 1.60. The number of nitrogens with zero attached hydrogens (tertiary/aromatic N) is 2. The molecule has 0 saturated heterocycles. The van der Waals surface area contributed by atoms with Gasteiger partial charge in [-0.15, -0.1) is 11.3 Å². The van der Waals surface area contributed by atoms with Crippen molar-refractivity contribution in [3.05, 3.63) is 40.8 Å². The standard InChI is InChI=1S/C15H15N3O2S/c1-9-7-11-13(17-15(16-2)18-14(11)21-9)20-12-6-4-3-5-10(12)8-19/h3-7,19H,8H2,1-2H3,(H,16,17,18). The van der Waals surface area contributed by atoms with Crippen LogP contribution in [0.25, 0.3) is 10.2 Å². The van der Waals surface area contributed by atoms with Crippen LogP contribution in [0.2, 0.25) is 0 Å². The summed E-state index contributed by atoms with van der Waals surface area (Å²) in [6.45, 7) is 1.95. The Morgan fingerprint density at radius 3 is 2.86 bits per heavy atom. The highest BCUT2D eigenvalue weighted by Gasteiger charge is 2.13. The van der Waals surface area contributed by atoms with Gasteiger partial charge in [0.25, 0.3) is 0 Å². The minimum Gasteiger partial charge on any atom is -0.438 e. The van der Waals surface area contributed by atoms with Gasteiger partial charge in [-0.2, -0.15) is 4.98 Å². The summed E-state index contributed by atoms with van der Waals surface area (Å²) in [5.41, 5.74) is 0.724. The van der Waals surface area contributed by atoms with Crippen LogP contribution in [-0.4, -0.2) is 22.1 Å². The van der Waals surface area contributed by atoms with Gasteiger partial charge in [-0.1, -0.05) is 18.2 Å². The van der Waals surface area contributed by atoms with Gasteiger partial charge in [0.2, 0.25) is 11.8 Å². The van der Waals surface area contributed by atoms with Gasteiger partial charge in [-0.3, -0.25) is 0 Å². The van der Waals surface area contributed by atoms with Crippen molar-refractivity contribution >= 4 is 27.5 Å². The highest BCUT2D eigenvalue weighted by molar-refractivity contribution is 7.18. The maximum absolute atomic E-state index is 9.39. The molecule has 2 aromatic heterocycles. The van der Waals surface area contributed by atoms with Gasteiger partial charge in [0.05, 0.1) is 12.0 Å². The van der Waals surface area contributed by atoms with Crippen LogP contribution < -0.4 is 10.1 Å². The zero-order valence-electron chi connectivity index (χ0n) is 11.8. The Morgan fingerprint density at radius 1 is 1.29 bits per heavy atom. The molecule has 0 fully saturated rings. The number of hydrogen-bond donors (Lipinski definition) is 2. The number of anilines is 1. The second-order valence-corrected chi connectivity index (χ2v) is 5.78. The number of aliphatic hydroxyl groups is 1. The molecule has 0 atom stereocenters. The molecule has 2 N–H and O–H groups in total. The van der Waals surface area contributed by atoms with Gasteiger partial charge in [0.15, 0.2) is 0 Å². The first kappa shape index (κ1) is 13.8. The van der Waals surface area contributed by atoms with Crippen molar-refractivity contribution in [2.24, 2.45) is 0 Å². The van der Waals surface area contributed by atoms with Gasteiger partial charge in [0.1, 0.15) is 10.6 Å². The minimum absolute atomic E-state index is 0.0774. The number of ether oxygens (including phenoxy) is 1. The van der Waals surface area contributed by atoms with Crippen molar-refractivity contribution in [3.63, 3.8) is 0 Å². The quantitative estimate of drug-likeness (QED) is 0.773. The third-order valence-electron chi connectivity index (χ3n) is 3.05. The second kappa shape index (κ2) is 5.67. The lowest BCUT2D eigenvalue weighted by Gasteiger charge is -2.10. The van der Waals surface area contributed by atoms with E-state index in [1.165, 1.54) is 0 Å². The van der Waals surface area contributed by atoms with Crippen molar-refractivity contribution < 1.29 is 9.84 Å². The molecule has 0 aliphatic carbocycles. The van der Waals surface area contributed by atoms with Crippen molar-refractivity contribution in [1.82, 2.24) is 9.97 Å². The second-order valence-electron chi connectivity index (χ2n) is 4.55. The number of aryl methyl sites for hydroxylation is 1. The molecule has 0 bridgehead atoms. The van der Waals surface area contributed by atoms with E-state index in [9.17, 15) is 5.11 Å². The Balaban J connectivity index is 2.10. The summed E-state index contributed by atoms with van der Waals surface area (Å²) in [5, 5.41) is 13.2. The predicted molar refractivity (Wildman–Crippen MR) is 84.1 cm³/mol. The molecule has 0 unspecified atom stereocenters. The Kier molecular flexibility index (Phi) is 3.72. The Bertz CT molecular complexity index is 786. The zero-order valence-corrected chi connectivity index (χ0v) is 12.6. The Hall–Kier alpha value is -2.18. The van der Waals surface area contributed by atoms with Crippen LogP contribution in [0.5, 0.6) is 11.6 Å². The number of benzene rings is 1. The number of aliphatic hydroxyl groups excluding tert-OH is 1. The molecule has 6 heteroatoms. The van der Waals surface area contributed by atoms with E-state index in [1.807, 2.05) is 37.3 Å². The van der Waals surface area contributed by atoms with E-state index in [2.05, 4.69) is 15.3 Å². The molecule has 0 radical (unpaired) electrons. The molecule has 0 spiro atoms. The number of aromatic nitrogens is 2. The third kappa shape index (κ3) is 2.68. The van der Waals surface area contributed by atoms with E-state index in [0.717, 1.165) is 20.7 Å². The molecule has 0 aliphatic rings. The first-order valence-corrected chi connectivity index (χ1v) is 7.35. The van der Waals surface area contributed by atoms with Crippen molar-refractivity contribution in [3.8, 4) is 11.6 Å². The van der Waals surface area contributed by atoms with Crippen molar-refractivity contribution in [2.75, 3.05) is 12.4 Å². The van der Waals surface area contributed by atoms with E-state index in [4.69, 9.17) is 4.74 Å². The third-order valence-corrected chi connectivity index (χ3v) is 4.00. The highest BCUT2D eigenvalue weighted by Crippen LogP contribution is 2.34. The first-order chi connectivity index (χ1) is 10.2. The van der Waals surface area contributed by atoms with E-state index in [0.29, 0.717) is 17.6 Å². The summed E-state index contributed by atoms with van der Waals surface area (Å²) in [6, 6.07) is 9.38. The smallest absolute Gasteiger partial charge is 0.232 e. The lowest BCUT2D eigenvalue weighted by molar-refractivity contribution is 0.276. The fourth-order valence-corrected chi connectivity index (χ4v) is 2.91. The number of fused-ring (bicyclic) bond motifs is 1. The van der Waals surface area contributed by atoms with E-state index in [-0.39, 0.29) is 6.61 Å². The fraction of sp³-hybridized carbons (Fsp3) is 0.200. The van der Waals surface area contributed by atoms with Gasteiger partial charge in [-0.05, 0) is 19.1 Å². The Labute approximate surface area is 126 Å². The van der Waals surface area contributed by atoms with Crippen LogP contribution in [0.15, 0.2) is 30.3 Å². The lowest BCUT2D eigenvalue weighted by atomic mass is 10.2. The maximum atomic E-state index is 9.39. The average molecular weight is 301 g/mol. The minimum atomic E-state index is -0.0774. The van der Waals surface area contributed by atoms with E-state index < -0.39 is 0 Å². The average Bonchev–Trinajstić information content (AvgIpc) is 2.88. The molecule has 108 valence electrons. The summed E-state index contributed by atoms with van der Waals surface area (Å²) in [4.78, 5) is 10.8. The number of thiophene rings is 1. The molecule has 21 heavy (non-hydrogen) atoms. The van der Waals surface area contributed by atoms with Crippen molar-refractivity contribution in [2.45, 2.75) is 13.5 Å². The summed E-state index contributed by atoms with van der Waals surface area (Å²) in [5.74, 6) is 1.61. The summed E-state index contributed by atoms with van der Waals surface area (Å²) in [7, 11) is 1.77. The van der Waals surface area contributed by atoms with Crippen LogP contribution in [0.4, 0.5) is 5.95 Å². The monoisotopic (exact) mass is 301 g/mol. The molecule has 2 heterocycles. The summed E-state index contributed by atoms with van der Waals surface area (Å²) in [6.07, 6.45) is 0. The molecule has 0 aliphatic heterocycles.